The van der Waals surface area contributed by atoms with Crippen LogP contribution < -0.4 is 9.47 Å². The molecule has 0 spiro atoms. The molecule has 0 unspecified atom stereocenters. The largest absolute Gasteiger partial charge is 0.497 e. The lowest BCUT2D eigenvalue weighted by atomic mass is 9.96. The number of benzene rings is 2. The third-order valence-electron chi connectivity index (χ3n) is 6.88. The lowest BCUT2D eigenvalue weighted by Gasteiger charge is -2.47. The van der Waals surface area contributed by atoms with Gasteiger partial charge in [0.25, 0.3) is 0 Å². The highest BCUT2D eigenvalue weighted by molar-refractivity contribution is 5.28. The summed E-state index contributed by atoms with van der Waals surface area (Å²) in [5.74, 6) is 0.836. The molecule has 0 saturated carbocycles. The summed E-state index contributed by atoms with van der Waals surface area (Å²) < 4.78 is 48.0. The molecule has 2 aromatic carbocycles. The fraction of sp³-hybridized carbons (Fsp3) is 0.571. The Kier molecular flexibility index (Phi) is 7.81. The second-order valence-electron chi connectivity index (χ2n) is 9.83. The van der Waals surface area contributed by atoms with Gasteiger partial charge in [-0.15, -0.1) is 0 Å². The van der Waals surface area contributed by atoms with Crippen molar-refractivity contribution in [2.24, 2.45) is 0 Å². The van der Waals surface area contributed by atoms with Crippen LogP contribution in [-0.2, 0) is 28.4 Å². The molecule has 5 rings (SSSR count). The Morgan fingerprint density at radius 1 is 0.639 bits per heavy atom. The van der Waals surface area contributed by atoms with E-state index in [0.717, 1.165) is 35.5 Å². The smallest absolute Gasteiger partial charge is 0.184 e. The lowest BCUT2D eigenvalue weighted by Crippen LogP contribution is -2.54. The first-order chi connectivity index (χ1) is 17.4. The molecule has 3 aliphatic rings. The fourth-order valence-electron chi connectivity index (χ4n) is 5.07. The molecule has 3 heterocycles. The molecular weight excluding hydrogens is 464 g/mol. The van der Waals surface area contributed by atoms with Crippen molar-refractivity contribution in [3.8, 4) is 11.5 Å². The molecule has 3 saturated heterocycles. The molecule has 0 aliphatic carbocycles. The maximum Gasteiger partial charge on any atom is 0.184 e. The van der Waals surface area contributed by atoms with Crippen molar-refractivity contribution < 1.29 is 37.9 Å². The molecule has 8 heteroatoms. The minimum Gasteiger partial charge on any atom is -0.497 e. The average molecular weight is 501 g/mol. The van der Waals surface area contributed by atoms with Gasteiger partial charge in [-0.1, -0.05) is 24.3 Å². The van der Waals surface area contributed by atoms with Gasteiger partial charge < -0.3 is 37.9 Å². The highest BCUT2D eigenvalue weighted by atomic mass is 16.7. The van der Waals surface area contributed by atoms with Gasteiger partial charge in [0, 0.05) is 17.5 Å². The third-order valence-corrected chi connectivity index (χ3v) is 6.88. The summed E-state index contributed by atoms with van der Waals surface area (Å²) in [5, 5.41) is 0. The highest BCUT2D eigenvalue weighted by Crippen LogP contribution is 2.39. The normalized spacial score (nSPS) is 32.6. The maximum atomic E-state index is 6.41. The molecule has 0 bridgehead atoms. The van der Waals surface area contributed by atoms with Crippen LogP contribution in [0.1, 0.15) is 56.8 Å². The highest BCUT2D eigenvalue weighted by Gasteiger charge is 2.45. The number of hydrogen-bond acceptors (Lipinski definition) is 8. The van der Waals surface area contributed by atoms with Gasteiger partial charge in [-0.25, -0.2) is 0 Å². The van der Waals surface area contributed by atoms with Crippen LogP contribution >= 0.6 is 0 Å². The van der Waals surface area contributed by atoms with E-state index in [-0.39, 0.29) is 24.4 Å². The second-order valence-corrected chi connectivity index (χ2v) is 9.83. The topological polar surface area (TPSA) is 73.8 Å². The first-order valence-corrected chi connectivity index (χ1v) is 12.6. The van der Waals surface area contributed by atoms with Crippen molar-refractivity contribution in [2.45, 2.75) is 75.9 Å². The monoisotopic (exact) mass is 500 g/mol. The zero-order chi connectivity index (χ0) is 25.1. The molecule has 6 atom stereocenters. The third kappa shape index (κ3) is 5.85. The van der Waals surface area contributed by atoms with Crippen LogP contribution in [0, 0.1) is 0 Å². The van der Waals surface area contributed by atoms with E-state index >= 15 is 0 Å². The molecule has 36 heavy (non-hydrogen) atoms. The number of methoxy groups -OCH3 is 2. The Labute approximate surface area is 212 Å². The van der Waals surface area contributed by atoms with E-state index in [4.69, 9.17) is 37.9 Å². The van der Waals surface area contributed by atoms with E-state index in [1.54, 1.807) is 14.2 Å². The minimum atomic E-state index is -0.762. The van der Waals surface area contributed by atoms with Crippen LogP contribution in [0.3, 0.4) is 0 Å². The Morgan fingerprint density at radius 2 is 1.06 bits per heavy atom. The SMILES string of the molecule is COc1ccc([C@@H]2OCC[C@H]([C@H]3C[C@@H]([C@@H]4CCO[C@H](c5ccc(OC)cc5)O4)OC(C)(C)O3)O2)cc1. The van der Waals surface area contributed by atoms with Crippen LogP contribution in [0.5, 0.6) is 11.5 Å². The Hall–Kier alpha value is -2.20. The van der Waals surface area contributed by atoms with Crippen molar-refractivity contribution in [1.29, 1.82) is 0 Å². The molecular formula is C28H36O8. The van der Waals surface area contributed by atoms with Gasteiger partial charge in [-0.05, 0) is 51.0 Å². The fourth-order valence-corrected chi connectivity index (χ4v) is 5.07. The Bertz CT molecular complexity index is 899. The van der Waals surface area contributed by atoms with Crippen molar-refractivity contribution in [1.82, 2.24) is 0 Å². The van der Waals surface area contributed by atoms with Crippen molar-refractivity contribution >= 4 is 0 Å². The molecule has 8 nitrogen and oxygen atoms in total. The van der Waals surface area contributed by atoms with Crippen LogP contribution in [0.25, 0.3) is 0 Å². The van der Waals surface area contributed by atoms with E-state index in [2.05, 4.69) is 0 Å². The first-order valence-electron chi connectivity index (χ1n) is 12.6. The standard InChI is InChI=1S/C28H36O8/c1-28(2)35-24(22-13-15-31-26(33-22)18-5-9-20(29-3)10-6-18)17-25(36-28)23-14-16-32-27(34-23)19-7-11-21(30-4)12-8-19/h5-12,22-27H,13-17H2,1-4H3/t22-,23+,24-,25+,26-,27+. The molecule has 2 aromatic rings. The van der Waals surface area contributed by atoms with E-state index in [9.17, 15) is 0 Å². The lowest BCUT2D eigenvalue weighted by molar-refractivity contribution is -0.357. The molecule has 3 aliphatic heterocycles. The van der Waals surface area contributed by atoms with E-state index in [1.165, 1.54) is 0 Å². The number of ether oxygens (including phenoxy) is 8. The van der Waals surface area contributed by atoms with Crippen LogP contribution in [0.4, 0.5) is 0 Å². The van der Waals surface area contributed by atoms with Crippen LogP contribution in [-0.4, -0.2) is 57.6 Å². The van der Waals surface area contributed by atoms with Crippen LogP contribution in [0.15, 0.2) is 48.5 Å². The average Bonchev–Trinajstić information content (AvgIpc) is 2.92. The molecule has 0 radical (unpaired) electrons. The zero-order valence-corrected chi connectivity index (χ0v) is 21.4. The molecule has 0 aromatic heterocycles. The summed E-state index contributed by atoms with van der Waals surface area (Å²) in [6.45, 7) is 5.10. The Morgan fingerprint density at radius 3 is 1.44 bits per heavy atom. The van der Waals surface area contributed by atoms with E-state index in [0.29, 0.717) is 19.6 Å². The van der Waals surface area contributed by atoms with Crippen molar-refractivity contribution in [3.63, 3.8) is 0 Å². The van der Waals surface area contributed by atoms with Gasteiger partial charge >= 0.3 is 0 Å². The summed E-state index contributed by atoms with van der Waals surface area (Å²) in [6, 6.07) is 15.5. The second kappa shape index (κ2) is 11.0. The van der Waals surface area contributed by atoms with Crippen LogP contribution in [0.2, 0.25) is 0 Å². The van der Waals surface area contributed by atoms with E-state index in [1.807, 2.05) is 62.4 Å². The number of rotatable bonds is 6. The van der Waals surface area contributed by atoms with Gasteiger partial charge in [-0.3, -0.25) is 0 Å². The predicted octanol–water partition coefficient (Wildman–Crippen LogP) is 4.92. The van der Waals surface area contributed by atoms with E-state index < -0.39 is 18.4 Å². The van der Waals surface area contributed by atoms with Crippen molar-refractivity contribution in [2.75, 3.05) is 27.4 Å². The molecule has 0 amide bonds. The molecule has 196 valence electrons. The summed E-state index contributed by atoms with van der Waals surface area (Å²) >= 11 is 0. The summed E-state index contributed by atoms with van der Waals surface area (Å²) in [5.41, 5.74) is 1.91. The number of hydrogen-bond donors (Lipinski definition) is 0. The van der Waals surface area contributed by atoms with Gasteiger partial charge in [0.05, 0.1) is 51.8 Å². The summed E-state index contributed by atoms with van der Waals surface area (Å²) in [7, 11) is 3.31. The maximum absolute atomic E-state index is 6.41. The van der Waals surface area contributed by atoms with Gasteiger partial charge in [0.2, 0.25) is 0 Å². The zero-order valence-electron chi connectivity index (χ0n) is 21.4. The Balaban J connectivity index is 1.26. The van der Waals surface area contributed by atoms with Gasteiger partial charge in [-0.2, -0.15) is 0 Å². The van der Waals surface area contributed by atoms with Gasteiger partial charge in [0.15, 0.2) is 18.4 Å². The van der Waals surface area contributed by atoms with Gasteiger partial charge in [0.1, 0.15) is 11.5 Å². The first kappa shape index (κ1) is 25.4. The summed E-state index contributed by atoms with van der Waals surface area (Å²) in [6.07, 6.45) is 0.768. The molecule has 3 fully saturated rings. The quantitative estimate of drug-likeness (QED) is 0.553. The summed E-state index contributed by atoms with van der Waals surface area (Å²) in [4.78, 5) is 0. The minimum absolute atomic E-state index is 0.117. The van der Waals surface area contributed by atoms with Crippen molar-refractivity contribution in [3.05, 3.63) is 59.7 Å². The predicted molar refractivity (Wildman–Crippen MR) is 131 cm³/mol. The molecule has 0 N–H and O–H groups in total.